The number of hydrogen-bond donors (Lipinski definition) is 0. The minimum atomic E-state index is -0.590. The van der Waals surface area contributed by atoms with Crippen molar-refractivity contribution in [3.8, 4) is 0 Å². The summed E-state index contributed by atoms with van der Waals surface area (Å²) in [5.41, 5.74) is 0. The summed E-state index contributed by atoms with van der Waals surface area (Å²) >= 11 is 0. The second kappa shape index (κ2) is 10.6. The van der Waals surface area contributed by atoms with Gasteiger partial charge in [0.1, 0.15) is 6.10 Å². The van der Waals surface area contributed by atoms with Crippen LogP contribution in [-0.4, -0.2) is 45.4 Å². The van der Waals surface area contributed by atoms with Crippen LogP contribution in [0.1, 0.15) is 65.7 Å². The van der Waals surface area contributed by atoms with Crippen LogP contribution in [0.2, 0.25) is 0 Å². The molecule has 1 saturated heterocycles. The monoisotopic (exact) mass is 316 g/mol. The maximum Gasteiger partial charge on any atom is 0.169 e. The molecule has 22 heavy (non-hydrogen) atoms. The van der Waals surface area contributed by atoms with E-state index < -0.39 is 5.79 Å². The molecule has 0 aromatic rings. The van der Waals surface area contributed by atoms with Gasteiger partial charge in [-0.3, -0.25) is 0 Å². The molecule has 4 heteroatoms. The predicted molar refractivity (Wildman–Crippen MR) is 89.1 cm³/mol. The van der Waals surface area contributed by atoms with Crippen LogP contribution in [0.4, 0.5) is 0 Å². The van der Waals surface area contributed by atoms with E-state index in [4.69, 9.17) is 18.9 Å². The van der Waals surface area contributed by atoms with E-state index in [1.54, 1.807) is 14.2 Å². The zero-order chi connectivity index (χ0) is 16.4. The summed E-state index contributed by atoms with van der Waals surface area (Å²) in [5.74, 6) is -0.361. The SMILES string of the molecule is CCCCCCCCC(C(C)OCC1CO1)C(C)(OC)OC. The number of unbranched alkanes of at least 4 members (excludes halogenated alkanes) is 5. The highest BCUT2D eigenvalue weighted by Gasteiger charge is 2.39. The molecule has 1 rings (SSSR count). The van der Waals surface area contributed by atoms with Crippen molar-refractivity contribution in [3.05, 3.63) is 0 Å². The Kier molecular flexibility index (Phi) is 9.57. The number of hydrogen-bond acceptors (Lipinski definition) is 4. The van der Waals surface area contributed by atoms with Crippen LogP contribution in [0.3, 0.4) is 0 Å². The molecule has 1 fully saturated rings. The van der Waals surface area contributed by atoms with E-state index in [1.165, 1.54) is 38.5 Å². The zero-order valence-corrected chi connectivity index (χ0v) is 15.2. The second-order valence-corrected chi connectivity index (χ2v) is 6.58. The molecule has 0 N–H and O–H groups in total. The Morgan fingerprint density at radius 1 is 1.09 bits per heavy atom. The van der Waals surface area contributed by atoms with E-state index in [0.29, 0.717) is 12.7 Å². The average Bonchev–Trinajstić information content (AvgIpc) is 3.35. The van der Waals surface area contributed by atoms with Crippen LogP contribution in [0.25, 0.3) is 0 Å². The molecule has 3 unspecified atom stereocenters. The molecule has 0 bridgehead atoms. The summed E-state index contributed by atoms with van der Waals surface area (Å²) in [6, 6.07) is 0. The summed E-state index contributed by atoms with van der Waals surface area (Å²) in [6.45, 7) is 7.90. The van der Waals surface area contributed by atoms with Crippen LogP contribution < -0.4 is 0 Å². The first kappa shape index (κ1) is 19.9. The van der Waals surface area contributed by atoms with Crippen LogP contribution in [0.15, 0.2) is 0 Å². The number of methoxy groups -OCH3 is 2. The Balaban J connectivity index is 2.41. The van der Waals surface area contributed by atoms with E-state index in [-0.39, 0.29) is 12.0 Å². The van der Waals surface area contributed by atoms with E-state index in [2.05, 4.69) is 13.8 Å². The highest BCUT2D eigenvalue weighted by atomic mass is 16.7. The van der Waals surface area contributed by atoms with E-state index in [1.807, 2.05) is 6.92 Å². The van der Waals surface area contributed by atoms with Crippen molar-refractivity contribution in [2.24, 2.45) is 5.92 Å². The van der Waals surface area contributed by atoms with E-state index in [9.17, 15) is 0 Å². The summed E-state index contributed by atoms with van der Waals surface area (Å²) in [4.78, 5) is 0. The fraction of sp³-hybridized carbons (Fsp3) is 1.00. The summed E-state index contributed by atoms with van der Waals surface area (Å²) in [5, 5.41) is 0. The Labute approximate surface area is 136 Å². The lowest BCUT2D eigenvalue weighted by Gasteiger charge is -2.38. The van der Waals surface area contributed by atoms with Crippen molar-refractivity contribution < 1.29 is 18.9 Å². The van der Waals surface area contributed by atoms with Gasteiger partial charge in [-0.2, -0.15) is 0 Å². The summed E-state index contributed by atoms with van der Waals surface area (Å²) in [6.07, 6.45) is 9.25. The molecule has 4 nitrogen and oxygen atoms in total. The molecule has 3 atom stereocenters. The molecule has 0 aromatic heterocycles. The van der Waals surface area contributed by atoms with Gasteiger partial charge in [0.25, 0.3) is 0 Å². The largest absolute Gasteiger partial charge is 0.375 e. The molecular weight excluding hydrogens is 280 g/mol. The van der Waals surface area contributed by atoms with Crippen molar-refractivity contribution in [2.75, 3.05) is 27.4 Å². The maximum atomic E-state index is 5.99. The molecule has 0 spiro atoms. The van der Waals surface area contributed by atoms with Gasteiger partial charge in [0.2, 0.25) is 0 Å². The molecule has 0 amide bonds. The van der Waals surface area contributed by atoms with Gasteiger partial charge >= 0.3 is 0 Å². The first-order valence-electron chi connectivity index (χ1n) is 8.90. The number of ether oxygens (including phenoxy) is 4. The molecule has 1 heterocycles. The maximum absolute atomic E-state index is 5.99. The van der Waals surface area contributed by atoms with Crippen molar-refractivity contribution in [2.45, 2.75) is 83.7 Å². The first-order chi connectivity index (χ1) is 10.6. The van der Waals surface area contributed by atoms with E-state index >= 15 is 0 Å². The van der Waals surface area contributed by atoms with Crippen LogP contribution in [0.5, 0.6) is 0 Å². The lowest BCUT2D eigenvalue weighted by atomic mass is 9.88. The van der Waals surface area contributed by atoms with Gasteiger partial charge in [-0.25, -0.2) is 0 Å². The predicted octanol–water partition coefficient (Wildman–Crippen LogP) is 4.17. The fourth-order valence-electron chi connectivity index (χ4n) is 2.99. The lowest BCUT2D eigenvalue weighted by Crippen LogP contribution is -2.45. The zero-order valence-electron chi connectivity index (χ0n) is 15.2. The van der Waals surface area contributed by atoms with Crippen LogP contribution >= 0.6 is 0 Å². The molecular formula is C18H36O4. The van der Waals surface area contributed by atoms with Gasteiger partial charge < -0.3 is 18.9 Å². The normalized spacial score (nSPS) is 20.9. The van der Waals surface area contributed by atoms with Crippen LogP contribution in [0, 0.1) is 5.92 Å². The van der Waals surface area contributed by atoms with Crippen molar-refractivity contribution in [3.63, 3.8) is 0 Å². The van der Waals surface area contributed by atoms with Gasteiger partial charge in [-0.1, -0.05) is 45.4 Å². The Morgan fingerprint density at radius 3 is 2.23 bits per heavy atom. The molecule has 0 aliphatic carbocycles. The lowest BCUT2D eigenvalue weighted by molar-refractivity contribution is -0.248. The van der Waals surface area contributed by atoms with Gasteiger partial charge in [0, 0.05) is 20.1 Å². The van der Waals surface area contributed by atoms with Crippen molar-refractivity contribution >= 4 is 0 Å². The van der Waals surface area contributed by atoms with Crippen molar-refractivity contribution in [1.29, 1.82) is 0 Å². The molecule has 1 aliphatic rings. The molecule has 1 aliphatic heterocycles. The average molecular weight is 316 g/mol. The third-order valence-electron chi connectivity index (χ3n) is 4.87. The molecule has 0 saturated carbocycles. The van der Waals surface area contributed by atoms with Gasteiger partial charge in [0.05, 0.1) is 19.3 Å². The second-order valence-electron chi connectivity index (χ2n) is 6.58. The first-order valence-corrected chi connectivity index (χ1v) is 8.90. The van der Waals surface area contributed by atoms with Crippen LogP contribution in [-0.2, 0) is 18.9 Å². The minimum absolute atomic E-state index is 0.102. The molecule has 0 aromatic carbocycles. The van der Waals surface area contributed by atoms with Gasteiger partial charge in [0.15, 0.2) is 5.79 Å². The summed E-state index contributed by atoms with van der Waals surface area (Å²) < 4.78 is 22.5. The van der Waals surface area contributed by atoms with Crippen molar-refractivity contribution in [1.82, 2.24) is 0 Å². The topological polar surface area (TPSA) is 40.2 Å². The van der Waals surface area contributed by atoms with Gasteiger partial charge in [-0.15, -0.1) is 0 Å². The summed E-state index contributed by atoms with van der Waals surface area (Å²) in [7, 11) is 3.43. The Morgan fingerprint density at radius 2 is 1.68 bits per heavy atom. The molecule has 132 valence electrons. The fourth-order valence-corrected chi connectivity index (χ4v) is 2.99. The number of epoxide rings is 1. The quantitative estimate of drug-likeness (QED) is 0.274. The molecule has 0 radical (unpaired) electrons. The Bertz CT molecular complexity index is 274. The van der Waals surface area contributed by atoms with E-state index in [0.717, 1.165) is 13.0 Å². The standard InChI is InChI=1S/C18H36O4/c1-6-7-8-9-10-11-12-17(18(3,19-4)20-5)15(2)21-13-16-14-22-16/h15-17H,6-14H2,1-5H3. The number of rotatable bonds is 14. The minimum Gasteiger partial charge on any atom is -0.375 e. The third kappa shape index (κ3) is 6.95. The van der Waals surface area contributed by atoms with Gasteiger partial charge in [-0.05, 0) is 20.3 Å². The third-order valence-corrected chi connectivity index (χ3v) is 4.87. The highest BCUT2D eigenvalue weighted by Crippen LogP contribution is 2.32. The smallest absolute Gasteiger partial charge is 0.169 e. The highest BCUT2D eigenvalue weighted by molar-refractivity contribution is 4.81. The Hall–Kier alpha value is -0.160.